The smallest absolute Gasteiger partial charge is 0.0541 e. The van der Waals surface area contributed by atoms with Gasteiger partial charge in [-0.1, -0.05) is 133 Å². The molecule has 0 aliphatic carbocycles. The molecule has 0 saturated carbocycles. The molecule has 3 heteroatoms. The van der Waals surface area contributed by atoms with Crippen molar-refractivity contribution in [3.05, 3.63) is 236 Å². The molecule has 10 aromatic carbocycles. The van der Waals surface area contributed by atoms with Gasteiger partial charge in [-0.3, -0.25) is 0 Å². The van der Waals surface area contributed by atoms with Gasteiger partial charge in [-0.25, -0.2) is 0 Å². The first-order chi connectivity index (χ1) is 32.0. The van der Waals surface area contributed by atoms with Crippen LogP contribution in [0.4, 0.5) is 0 Å². The maximum Gasteiger partial charge on any atom is 0.0541 e. The Kier molecular flexibility index (Phi) is 8.34. The third-order valence-electron chi connectivity index (χ3n) is 13.5. The molecule has 0 atom stereocenters. The summed E-state index contributed by atoms with van der Waals surface area (Å²) in [6, 6.07) is 82.8. The van der Waals surface area contributed by atoms with E-state index in [9.17, 15) is 0 Å². The number of hydrogen-bond donors (Lipinski definition) is 0. The normalized spacial score (nSPS) is 11.8. The van der Waals surface area contributed by atoms with E-state index in [0.717, 1.165) is 5.69 Å². The van der Waals surface area contributed by atoms with Crippen LogP contribution < -0.4 is 0 Å². The average molecular weight is 830 g/mol. The Balaban J connectivity index is 1.02. The number of aromatic nitrogens is 3. The van der Waals surface area contributed by atoms with Crippen molar-refractivity contribution < 1.29 is 0 Å². The second-order valence-corrected chi connectivity index (χ2v) is 17.6. The van der Waals surface area contributed by atoms with Crippen molar-refractivity contribution >= 4 is 65.4 Å². The van der Waals surface area contributed by atoms with Gasteiger partial charge in [0, 0.05) is 49.4 Å². The van der Waals surface area contributed by atoms with Crippen molar-refractivity contribution in [1.82, 2.24) is 13.7 Å². The van der Waals surface area contributed by atoms with Crippen molar-refractivity contribution in [2.45, 2.75) is 13.8 Å². The molecule has 0 N–H and O–H groups in total. The molecular formula is C62H43N3. The first-order valence-electron chi connectivity index (χ1n) is 22.5. The van der Waals surface area contributed by atoms with Gasteiger partial charge in [0.15, 0.2) is 0 Å². The number of hydrogen-bond acceptors (Lipinski definition) is 0. The minimum atomic E-state index is 1.16. The molecule has 0 saturated heterocycles. The number of nitrogens with zero attached hydrogens (tertiary/aromatic N) is 3. The van der Waals surface area contributed by atoms with Crippen LogP contribution in [0.2, 0.25) is 0 Å². The van der Waals surface area contributed by atoms with E-state index < -0.39 is 0 Å². The van der Waals surface area contributed by atoms with Gasteiger partial charge in [0.2, 0.25) is 0 Å². The summed E-state index contributed by atoms with van der Waals surface area (Å²) in [4.78, 5) is 0. The summed E-state index contributed by atoms with van der Waals surface area (Å²) in [7, 11) is 0. The molecule has 306 valence electrons. The standard InChI is InChI=1S/C62H43N3/c1-40-14-13-15-42(32-40)47-33-41(2)34-50(35-47)65-61-30-26-45(43-24-28-59-53(36-43)51-20-9-11-22-57(51)63(59)48-16-5-3-6-17-48)38-55(61)56-39-46(27-31-62(56)65)44-25-29-60-54(37-44)52-21-10-12-23-58(52)64(60)49-18-7-4-8-19-49/h3-39H,1-2H3. The molecule has 0 unspecified atom stereocenters. The Morgan fingerprint density at radius 2 is 0.585 bits per heavy atom. The monoisotopic (exact) mass is 829 g/mol. The van der Waals surface area contributed by atoms with Crippen molar-refractivity contribution in [2.75, 3.05) is 0 Å². The fourth-order valence-corrected chi connectivity index (χ4v) is 10.6. The predicted molar refractivity (Wildman–Crippen MR) is 275 cm³/mol. The quantitative estimate of drug-likeness (QED) is 0.159. The fourth-order valence-electron chi connectivity index (χ4n) is 10.6. The van der Waals surface area contributed by atoms with E-state index >= 15 is 0 Å². The van der Waals surface area contributed by atoms with Crippen LogP contribution in [0.1, 0.15) is 11.1 Å². The lowest BCUT2D eigenvalue weighted by Gasteiger charge is -2.13. The largest absolute Gasteiger partial charge is 0.309 e. The highest BCUT2D eigenvalue weighted by atomic mass is 15.0. The van der Waals surface area contributed by atoms with Gasteiger partial charge in [0.1, 0.15) is 0 Å². The van der Waals surface area contributed by atoms with Crippen molar-refractivity contribution in [3.8, 4) is 50.4 Å². The SMILES string of the molecule is Cc1cccc(-c2cc(C)cc(-n3c4ccc(-c5ccc6c(c5)c5ccccc5n6-c5ccccc5)cc4c4cc(-c5ccc6c(c5)c5ccccc5n6-c5ccccc5)ccc43)c2)c1. The van der Waals surface area contributed by atoms with Crippen LogP contribution in [0, 0.1) is 13.8 Å². The highest BCUT2D eigenvalue weighted by Gasteiger charge is 2.19. The zero-order valence-corrected chi connectivity index (χ0v) is 36.2. The van der Waals surface area contributed by atoms with E-state index in [1.54, 1.807) is 0 Å². The van der Waals surface area contributed by atoms with Crippen LogP contribution in [-0.4, -0.2) is 13.7 Å². The summed E-state index contributed by atoms with van der Waals surface area (Å²) in [6.45, 7) is 4.38. The van der Waals surface area contributed by atoms with E-state index in [2.05, 4.69) is 252 Å². The van der Waals surface area contributed by atoms with Gasteiger partial charge in [0.25, 0.3) is 0 Å². The van der Waals surface area contributed by atoms with E-state index in [1.165, 1.54) is 121 Å². The number of aryl methyl sites for hydroxylation is 2. The van der Waals surface area contributed by atoms with Crippen LogP contribution in [0.5, 0.6) is 0 Å². The summed E-state index contributed by atoms with van der Waals surface area (Å²) in [5.74, 6) is 0. The molecule has 13 rings (SSSR count). The second kappa shape index (κ2) is 14.6. The highest BCUT2D eigenvalue weighted by Crippen LogP contribution is 2.41. The Bertz CT molecular complexity index is 3800. The zero-order valence-electron chi connectivity index (χ0n) is 36.2. The number of benzene rings is 10. The van der Waals surface area contributed by atoms with Crippen LogP contribution in [0.15, 0.2) is 224 Å². The molecule has 0 aliphatic rings. The van der Waals surface area contributed by atoms with Crippen molar-refractivity contribution in [3.63, 3.8) is 0 Å². The minimum absolute atomic E-state index is 1.16. The first kappa shape index (κ1) is 37.2. The number of rotatable bonds is 6. The third kappa shape index (κ3) is 5.97. The molecule has 13 aromatic rings. The van der Waals surface area contributed by atoms with E-state index in [4.69, 9.17) is 0 Å². The number of para-hydroxylation sites is 4. The molecule has 0 radical (unpaired) electrons. The van der Waals surface area contributed by atoms with Gasteiger partial charge in [0.05, 0.1) is 33.1 Å². The average Bonchev–Trinajstić information content (AvgIpc) is 3.99. The summed E-state index contributed by atoms with van der Waals surface area (Å²) >= 11 is 0. The number of fused-ring (bicyclic) bond motifs is 9. The fraction of sp³-hybridized carbons (Fsp3) is 0.0323. The van der Waals surface area contributed by atoms with Crippen molar-refractivity contribution in [1.29, 1.82) is 0 Å². The Hall–Kier alpha value is -8.40. The molecular weight excluding hydrogens is 787 g/mol. The molecule has 65 heavy (non-hydrogen) atoms. The van der Waals surface area contributed by atoms with Gasteiger partial charge >= 0.3 is 0 Å². The van der Waals surface area contributed by atoms with Crippen LogP contribution >= 0.6 is 0 Å². The van der Waals surface area contributed by atoms with Gasteiger partial charge in [-0.05, 0) is 150 Å². The highest BCUT2D eigenvalue weighted by molar-refractivity contribution is 6.14. The predicted octanol–water partition coefficient (Wildman–Crippen LogP) is 16.6. The molecule has 0 aliphatic heterocycles. The molecule has 3 aromatic heterocycles. The third-order valence-corrected chi connectivity index (χ3v) is 13.5. The molecule has 3 nitrogen and oxygen atoms in total. The van der Waals surface area contributed by atoms with Crippen LogP contribution in [0.3, 0.4) is 0 Å². The second-order valence-electron chi connectivity index (χ2n) is 17.6. The van der Waals surface area contributed by atoms with Crippen LogP contribution in [-0.2, 0) is 0 Å². The van der Waals surface area contributed by atoms with E-state index in [-0.39, 0.29) is 0 Å². The lowest BCUT2D eigenvalue weighted by molar-refractivity contribution is 1.17. The summed E-state index contributed by atoms with van der Waals surface area (Å²) in [5.41, 5.74) is 20.4. The van der Waals surface area contributed by atoms with E-state index in [1.807, 2.05) is 0 Å². The van der Waals surface area contributed by atoms with Crippen LogP contribution in [0.25, 0.3) is 116 Å². The van der Waals surface area contributed by atoms with Gasteiger partial charge < -0.3 is 13.7 Å². The topological polar surface area (TPSA) is 14.8 Å². The minimum Gasteiger partial charge on any atom is -0.309 e. The Morgan fingerprint density at radius 1 is 0.215 bits per heavy atom. The Morgan fingerprint density at radius 3 is 1.05 bits per heavy atom. The molecule has 0 amide bonds. The molecule has 0 fully saturated rings. The molecule has 0 bridgehead atoms. The van der Waals surface area contributed by atoms with Crippen molar-refractivity contribution in [2.24, 2.45) is 0 Å². The van der Waals surface area contributed by atoms with E-state index in [0.29, 0.717) is 0 Å². The zero-order chi connectivity index (χ0) is 43.2. The summed E-state index contributed by atoms with van der Waals surface area (Å²) in [5, 5.41) is 7.46. The lowest BCUT2D eigenvalue weighted by Crippen LogP contribution is -1.96. The van der Waals surface area contributed by atoms with Gasteiger partial charge in [-0.2, -0.15) is 0 Å². The first-order valence-corrected chi connectivity index (χ1v) is 22.5. The molecule has 3 heterocycles. The molecule has 0 spiro atoms. The van der Waals surface area contributed by atoms with Gasteiger partial charge in [-0.15, -0.1) is 0 Å². The summed E-state index contributed by atoms with van der Waals surface area (Å²) in [6.07, 6.45) is 0. The lowest BCUT2D eigenvalue weighted by atomic mass is 9.98. The summed E-state index contributed by atoms with van der Waals surface area (Å²) < 4.78 is 7.24. The maximum atomic E-state index is 2.47. The maximum absolute atomic E-state index is 2.47. The Labute approximate surface area is 377 Å².